The third-order valence-corrected chi connectivity index (χ3v) is 4.89. The van der Waals surface area contributed by atoms with Crippen molar-refractivity contribution in [2.75, 3.05) is 0 Å². The van der Waals surface area contributed by atoms with E-state index >= 15 is 0 Å². The first-order valence-electron chi connectivity index (χ1n) is 9.12. The summed E-state index contributed by atoms with van der Waals surface area (Å²) in [5.74, 6) is -1.23. The average Bonchev–Trinajstić information content (AvgIpc) is 2.76. The van der Waals surface area contributed by atoms with Gasteiger partial charge >= 0.3 is 11.9 Å². The number of hydrogen-bond acceptors (Lipinski definition) is 5. The molecule has 4 rings (SSSR count). The fraction of sp³-hybridized carbons (Fsp3) is 0.143. The molecule has 8 nitrogen and oxygen atoms in total. The number of rotatable bonds is 5. The normalized spacial score (nSPS) is 18.0. The van der Waals surface area contributed by atoms with Crippen molar-refractivity contribution >= 4 is 29.7 Å². The van der Waals surface area contributed by atoms with E-state index in [-0.39, 0.29) is 18.8 Å². The summed E-state index contributed by atoms with van der Waals surface area (Å²) in [5, 5.41) is 10.9. The van der Waals surface area contributed by atoms with Gasteiger partial charge in [0.15, 0.2) is 5.92 Å². The van der Waals surface area contributed by atoms with E-state index in [1.165, 1.54) is 47.2 Å². The molecule has 0 saturated carbocycles. The van der Waals surface area contributed by atoms with Crippen LogP contribution in [0.2, 0.25) is 0 Å². The summed E-state index contributed by atoms with van der Waals surface area (Å²) in [4.78, 5) is 41.8. The van der Waals surface area contributed by atoms with Gasteiger partial charge in [-0.05, 0) is 41.5 Å². The van der Waals surface area contributed by atoms with E-state index in [9.17, 15) is 24.1 Å². The zero-order valence-electron chi connectivity index (χ0n) is 15.6. The molecule has 0 fully saturated rings. The van der Waals surface area contributed by atoms with Crippen molar-refractivity contribution in [2.45, 2.75) is 13.1 Å². The highest BCUT2D eigenvalue weighted by molar-refractivity contribution is 6.14. The van der Waals surface area contributed by atoms with Crippen molar-refractivity contribution in [3.8, 4) is 0 Å². The van der Waals surface area contributed by atoms with Crippen LogP contribution in [0.3, 0.4) is 0 Å². The number of carbonyl (C=O) groups is 2. The quantitative estimate of drug-likeness (QED) is 0.432. The molecule has 30 heavy (non-hydrogen) atoms. The number of hydrogen-bond donors (Lipinski definition) is 0. The minimum absolute atomic E-state index is 0.00393. The van der Waals surface area contributed by atoms with Crippen LogP contribution in [-0.4, -0.2) is 38.4 Å². The van der Waals surface area contributed by atoms with Crippen molar-refractivity contribution in [1.82, 2.24) is 4.90 Å². The van der Waals surface area contributed by atoms with Gasteiger partial charge in [-0.15, -0.1) is 4.99 Å². The van der Waals surface area contributed by atoms with E-state index in [4.69, 9.17) is 0 Å². The molecule has 0 aromatic heterocycles. The number of fused-ring (bicyclic) bond motifs is 1. The van der Waals surface area contributed by atoms with Gasteiger partial charge in [-0.3, -0.25) is 14.9 Å². The molecule has 0 aliphatic carbocycles. The maximum absolute atomic E-state index is 13.2. The van der Waals surface area contributed by atoms with Crippen LogP contribution in [0.1, 0.15) is 11.1 Å². The number of non-ortho nitro benzene ring substituents is 1. The number of allylic oxidation sites excluding steroid dienone is 1. The van der Waals surface area contributed by atoms with Crippen molar-refractivity contribution in [3.05, 3.63) is 87.7 Å². The van der Waals surface area contributed by atoms with E-state index in [1.807, 2.05) is 0 Å². The number of nitro benzene ring substituents is 1. The van der Waals surface area contributed by atoms with Crippen LogP contribution < -0.4 is 0 Å². The van der Waals surface area contributed by atoms with E-state index in [0.29, 0.717) is 17.0 Å². The van der Waals surface area contributed by atoms with Crippen LogP contribution in [0.4, 0.5) is 14.9 Å². The zero-order valence-corrected chi connectivity index (χ0v) is 15.6. The van der Waals surface area contributed by atoms with Crippen molar-refractivity contribution in [3.63, 3.8) is 0 Å². The number of aliphatic imine (C=N–C) groups is 1. The Morgan fingerprint density at radius 3 is 2.40 bits per heavy atom. The van der Waals surface area contributed by atoms with Gasteiger partial charge in [0.1, 0.15) is 25.1 Å². The van der Waals surface area contributed by atoms with E-state index < -0.39 is 28.6 Å². The fourth-order valence-electron chi connectivity index (χ4n) is 3.35. The van der Waals surface area contributed by atoms with E-state index in [0.717, 1.165) is 4.90 Å². The number of amides is 3. The first kappa shape index (κ1) is 19.3. The number of halogens is 1. The predicted molar refractivity (Wildman–Crippen MR) is 106 cm³/mol. The lowest BCUT2D eigenvalue weighted by Gasteiger charge is -2.27. The Morgan fingerprint density at radius 2 is 1.73 bits per heavy atom. The number of benzene rings is 2. The lowest BCUT2D eigenvalue weighted by molar-refractivity contribution is -0.458. The zero-order chi connectivity index (χ0) is 21.3. The average molecular weight is 407 g/mol. The molecule has 150 valence electrons. The molecule has 2 aliphatic rings. The molecule has 3 amide bonds. The molecule has 0 spiro atoms. The lowest BCUT2D eigenvalue weighted by Crippen LogP contribution is -2.53. The summed E-state index contributed by atoms with van der Waals surface area (Å²) >= 11 is 0. The summed E-state index contributed by atoms with van der Waals surface area (Å²) in [7, 11) is 0. The second kappa shape index (κ2) is 7.78. The number of nitrogens with zero attached hydrogens (tertiary/aromatic N) is 4. The molecule has 0 radical (unpaired) electrons. The highest BCUT2D eigenvalue weighted by Gasteiger charge is 2.46. The standard InChI is InChI=1S/C21H16FN4O4/c22-16-7-3-14(4-8-16)13-25-20(27)18-2-1-11-23-19(18)24(21(25)28)12-15-5-9-17(10-6-15)26(29)30/h1-11,18H,12-13H2/q+1. The van der Waals surface area contributed by atoms with Gasteiger partial charge in [0.25, 0.3) is 11.5 Å². The third-order valence-electron chi connectivity index (χ3n) is 4.89. The van der Waals surface area contributed by atoms with Gasteiger partial charge in [-0.25, -0.2) is 9.18 Å². The van der Waals surface area contributed by atoms with Gasteiger partial charge < -0.3 is 0 Å². The number of imide groups is 1. The summed E-state index contributed by atoms with van der Waals surface area (Å²) < 4.78 is 14.6. The van der Waals surface area contributed by atoms with Gasteiger partial charge in [-0.1, -0.05) is 18.2 Å². The molecule has 2 heterocycles. The van der Waals surface area contributed by atoms with Gasteiger partial charge in [0, 0.05) is 12.1 Å². The van der Waals surface area contributed by atoms with Crippen LogP contribution in [0.25, 0.3) is 0 Å². The second-order valence-electron chi connectivity index (χ2n) is 6.84. The van der Waals surface area contributed by atoms with Crippen LogP contribution in [0, 0.1) is 21.8 Å². The minimum atomic E-state index is -0.716. The first-order chi connectivity index (χ1) is 14.4. The van der Waals surface area contributed by atoms with Crippen LogP contribution in [0.15, 0.2) is 65.7 Å². The maximum atomic E-state index is 13.2. The number of dihydropyridines is 1. The van der Waals surface area contributed by atoms with Gasteiger partial charge in [-0.2, -0.15) is 9.48 Å². The molecule has 2 aromatic carbocycles. The molecule has 1 atom stereocenters. The van der Waals surface area contributed by atoms with Crippen molar-refractivity contribution in [1.29, 1.82) is 0 Å². The summed E-state index contributed by atoms with van der Waals surface area (Å²) in [5.41, 5.74) is 1.21. The smallest absolute Gasteiger partial charge is 0.258 e. The maximum Gasteiger partial charge on any atom is 0.446 e. The summed E-state index contributed by atoms with van der Waals surface area (Å²) in [6.45, 7) is 0.0943. The topological polar surface area (TPSA) is 95.9 Å². The highest BCUT2D eigenvalue weighted by Crippen LogP contribution is 2.23. The molecule has 1 unspecified atom stereocenters. The molecule has 0 N–H and O–H groups in total. The van der Waals surface area contributed by atoms with Gasteiger partial charge in [0.05, 0.1) is 4.92 Å². The molecule has 2 aliphatic heterocycles. The Kier molecular flexibility index (Phi) is 5.01. The minimum Gasteiger partial charge on any atom is -0.258 e. The molecular weight excluding hydrogens is 391 g/mol. The second-order valence-corrected chi connectivity index (χ2v) is 6.84. The van der Waals surface area contributed by atoms with Crippen LogP contribution >= 0.6 is 0 Å². The van der Waals surface area contributed by atoms with E-state index in [1.54, 1.807) is 24.3 Å². The molecule has 0 bridgehead atoms. The monoisotopic (exact) mass is 407 g/mol. The van der Waals surface area contributed by atoms with Crippen molar-refractivity contribution < 1.29 is 23.5 Å². The number of urea groups is 1. The molecule has 0 saturated heterocycles. The number of nitro groups is 1. The number of amidine groups is 1. The predicted octanol–water partition coefficient (Wildman–Crippen LogP) is 3.06. The van der Waals surface area contributed by atoms with E-state index in [2.05, 4.69) is 4.99 Å². The van der Waals surface area contributed by atoms with Crippen LogP contribution in [0.5, 0.6) is 0 Å². The summed E-state index contributed by atoms with van der Waals surface area (Å²) in [6.07, 6.45) is 4.81. The highest BCUT2D eigenvalue weighted by atomic mass is 19.1. The largest absolute Gasteiger partial charge is 0.446 e. The Balaban J connectivity index is 1.67. The molecule has 9 heteroatoms. The molecule has 2 aromatic rings. The first-order valence-corrected chi connectivity index (χ1v) is 9.12. The Hall–Kier alpha value is -4.01. The fourth-order valence-corrected chi connectivity index (χ4v) is 3.35. The third kappa shape index (κ3) is 3.64. The number of carbonyl (C=O) groups excluding carboxylic acids is 2. The molecular formula is C21H16FN4O4+. The SMILES string of the molecule is O=C1C2C=CC=NC2=[N+](Cc2ccc([N+](=O)[O-])cc2)C(=O)N1Cc1ccc(F)cc1. The van der Waals surface area contributed by atoms with Gasteiger partial charge in [0.2, 0.25) is 0 Å². The van der Waals surface area contributed by atoms with Crippen molar-refractivity contribution in [2.24, 2.45) is 10.9 Å². The Labute approximate surface area is 170 Å². The van der Waals surface area contributed by atoms with Crippen LogP contribution in [-0.2, 0) is 17.9 Å². The Bertz CT molecular complexity index is 1120. The Morgan fingerprint density at radius 1 is 1.07 bits per heavy atom. The summed E-state index contributed by atoms with van der Waals surface area (Å²) in [6, 6.07) is 10.9. The lowest BCUT2D eigenvalue weighted by atomic mass is 10.0.